The van der Waals surface area contributed by atoms with Gasteiger partial charge in [0.1, 0.15) is 0 Å². The summed E-state index contributed by atoms with van der Waals surface area (Å²) in [5.74, 6) is 0. The van der Waals surface area contributed by atoms with Gasteiger partial charge in [0.05, 0.1) is 44.2 Å². The Labute approximate surface area is 147 Å². The first-order valence-corrected chi connectivity index (χ1v) is 9.11. The van der Waals surface area contributed by atoms with Crippen molar-refractivity contribution in [1.29, 1.82) is 0 Å². The Morgan fingerprint density at radius 3 is 2.17 bits per heavy atom. The van der Waals surface area contributed by atoms with Gasteiger partial charge >= 0.3 is 0 Å². The molecule has 0 aliphatic carbocycles. The molecule has 0 saturated heterocycles. The van der Waals surface area contributed by atoms with Gasteiger partial charge in [-0.2, -0.15) is 0 Å². The molecule has 0 fully saturated rings. The molecule has 0 heterocycles. The molecule has 0 aromatic heterocycles. The van der Waals surface area contributed by atoms with Crippen LogP contribution < -0.4 is 0 Å². The van der Waals surface area contributed by atoms with Gasteiger partial charge in [-0.15, -0.1) is 0 Å². The smallest absolute Gasteiger partial charge is 0.0829 e. The molecule has 4 nitrogen and oxygen atoms in total. The minimum Gasteiger partial charge on any atom is -0.394 e. The van der Waals surface area contributed by atoms with Gasteiger partial charge in [-0.25, -0.2) is 0 Å². The third kappa shape index (κ3) is 8.78. The Hall–Kier alpha value is -0.940. The number of rotatable bonds is 13. The number of hydrogen-bond donors (Lipinski definition) is 1. The van der Waals surface area contributed by atoms with Crippen LogP contribution in [-0.4, -0.2) is 43.2 Å². The van der Waals surface area contributed by atoms with Crippen molar-refractivity contribution in [2.75, 3.05) is 19.8 Å². The minimum atomic E-state index is -0.152. The second-order valence-corrected chi connectivity index (χ2v) is 6.46. The topological polar surface area (TPSA) is 47.9 Å². The molecular weight excluding hydrogens is 304 g/mol. The van der Waals surface area contributed by atoms with Crippen LogP contribution in [0.25, 0.3) is 0 Å². The monoisotopic (exact) mass is 338 g/mol. The zero-order valence-corrected chi connectivity index (χ0v) is 15.6. The Kier molecular flexibility index (Phi) is 10.9. The maximum Gasteiger partial charge on any atom is 0.0829 e. The molecule has 0 aliphatic heterocycles. The number of unbranched alkanes of at least 4 members (excludes halogenated alkanes) is 1. The van der Waals surface area contributed by atoms with Crippen LogP contribution in [0.2, 0.25) is 0 Å². The molecule has 0 spiro atoms. The fourth-order valence-electron chi connectivity index (χ4n) is 2.39. The van der Waals surface area contributed by atoms with Crippen molar-refractivity contribution >= 4 is 0 Å². The van der Waals surface area contributed by atoms with Crippen molar-refractivity contribution < 1.29 is 19.3 Å². The molecule has 4 unspecified atom stereocenters. The van der Waals surface area contributed by atoms with Gasteiger partial charge in [0.15, 0.2) is 0 Å². The maximum atomic E-state index is 8.96. The van der Waals surface area contributed by atoms with Gasteiger partial charge in [-0.05, 0) is 32.8 Å². The van der Waals surface area contributed by atoms with Crippen molar-refractivity contribution in [2.24, 2.45) is 0 Å². The summed E-state index contributed by atoms with van der Waals surface area (Å²) in [5, 5.41) is 8.96. The summed E-state index contributed by atoms with van der Waals surface area (Å²) in [4.78, 5) is 0. The zero-order chi connectivity index (χ0) is 17.8. The summed E-state index contributed by atoms with van der Waals surface area (Å²) in [5.41, 5.74) is 1.23. The second kappa shape index (κ2) is 12.4. The summed E-state index contributed by atoms with van der Waals surface area (Å²) >= 11 is 0. The molecule has 4 atom stereocenters. The highest BCUT2D eigenvalue weighted by Crippen LogP contribution is 2.25. The highest BCUT2D eigenvalue weighted by molar-refractivity contribution is 5.17. The molecule has 0 amide bonds. The van der Waals surface area contributed by atoms with Gasteiger partial charge in [0.2, 0.25) is 0 Å². The number of hydrogen-bond acceptors (Lipinski definition) is 4. The number of aliphatic hydroxyl groups excluding tert-OH is 1. The molecule has 4 heteroatoms. The average molecular weight is 338 g/mol. The van der Waals surface area contributed by atoms with Crippen LogP contribution in [0.4, 0.5) is 0 Å². The van der Waals surface area contributed by atoms with E-state index in [2.05, 4.69) is 31.2 Å². The third-order valence-electron chi connectivity index (χ3n) is 3.88. The Morgan fingerprint density at radius 1 is 0.917 bits per heavy atom. The van der Waals surface area contributed by atoms with Crippen LogP contribution in [-0.2, 0) is 14.2 Å². The summed E-state index contributed by atoms with van der Waals surface area (Å²) in [6, 6.07) is 10.4. The van der Waals surface area contributed by atoms with Crippen LogP contribution in [0.1, 0.15) is 58.6 Å². The standard InChI is InChI=1S/C20H34O4/c1-5-6-12-20(19-10-8-7-9-11-19)24-18(4)15-23-17(3)14-22-16(2)13-21/h7-11,16-18,20-21H,5-6,12-15H2,1-4H3. The van der Waals surface area contributed by atoms with Crippen molar-refractivity contribution in [2.45, 2.75) is 71.4 Å². The summed E-state index contributed by atoms with van der Waals surface area (Å²) < 4.78 is 17.5. The first-order chi connectivity index (χ1) is 11.6. The van der Waals surface area contributed by atoms with E-state index in [1.54, 1.807) is 0 Å². The molecule has 24 heavy (non-hydrogen) atoms. The predicted octanol–water partition coefficient (Wildman–Crippen LogP) is 4.13. The molecular formula is C20H34O4. The van der Waals surface area contributed by atoms with Gasteiger partial charge in [0, 0.05) is 0 Å². The van der Waals surface area contributed by atoms with Gasteiger partial charge in [-0.3, -0.25) is 0 Å². The van der Waals surface area contributed by atoms with E-state index >= 15 is 0 Å². The van der Waals surface area contributed by atoms with E-state index in [9.17, 15) is 0 Å². The van der Waals surface area contributed by atoms with Crippen LogP contribution in [0.5, 0.6) is 0 Å². The molecule has 0 radical (unpaired) electrons. The van der Waals surface area contributed by atoms with Crippen LogP contribution in [0.3, 0.4) is 0 Å². The Balaban J connectivity index is 2.40. The lowest BCUT2D eigenvalue weighted by atomic mass is 10.0. The summed E-state index contributed by atoms with van der Waals surface area (Å²) in [6.07, 6.45) is 3.30. The lowest BCUT2D eigenvalue weighted by Gasteiger charge is -2.24. The van der Waals surface area contributed by atoms with E-state index in [0.29, 0.717) is 13.2 Å². The van der Waals surface area contributed by atoms with Gasteiger partial charge in [-0.1, -0.05) is 50.1 Å². The SMILES string of the molecule is CCCCC(OC(C)COC(C)COC(C)CO)c1ccccc1. The molecule has 0 saturated carbocycles. The maximum absolute atomic E-state index is 8.96. The average Bonchev–Trinajstić information content (AvgIpc) is 2.62. The van der Waals surface area contributed by atoms with E-state index in [1.165, 1.54) is 5.56 Å². The van der Waals surface area contributed by atoms with E-state index < -0.39 is 0 Å². The minimum absolute atomic E-state index is 0.0177. The number of aliphatic hydroxyl groups is 1. The lowest BCUT2D eigenvalue weighted by Crippen LogP contribution is -2.27. The number of benzene rings is 1. The molecule has 1 aromatic carbocycles. The Bertz CT molecular complexity index is 409. The largest absolute Gasteiger partial charge is 0.394 e. The van der Waals surface area contributed by atoms with E-state index in [1.807, 2.05) is 26.8 Å². The van der Waals surface area contributed by atoms with E-state index in [-0.39, 0.29) is 31.0 Å². The molecule has 0 aliphatic rings. The van der Waals surface area contributed by atoms with Crippen LogP contribution in [0, 0.1) is 0 Å². The highest BCUT2D eigenvalue weighted by Gasteiger charge is 2.16. The zero-order valence-electron chi connectivity index (χ0n) is 15.6. The predicted molar refractivity (Wildman–Crippen MR) is 97.2 cm³/mol. The highest BCUT2D eigenvalue weighted by atomic mass is 16.6. The van der Waals surface area contributed by atoms with Gasteiger partial charge < -0.3 is 19.3 Å². The third-order valence-corrected chi connectivity index (χ3v) is 3.88. The van der Waals surface area contributed by atoms with Crippen LogP contribution >= 0.6 is 0 Å². The van der Waals surface area contributed by atoms with Crippen molar-refractivity contribution in [1.82, 2.24) is 0 Å². The van der Waals surface area contributed by atoms with Crippen LogP contribution in [0.15, 0.2) is 30.3 Å². The Morgan fingerprint density at radius 2 is 1.54 bits per heavy atom. The second-order valence-electron chi connectivity index (χ2n) is 6.46. The van der Waals surface area contributed by atoms with Crippen molar-refractivity contribution in [3.05, 3.63) is 35.9 Å². The lowest BCUT2D eigenvalue weighted by molar-refractivity contribution is -0.0920. The van der Waals surface area contributed by atoms with E-state index in [0.717, 1.165) is 19.3 Å². The van der Waals surface area contributed by atoms with Crippen molar-refractivity contribution in [3.63, 3.8) is 0 Å². The molecule has 0 bridgehead atoms. The van der Waals surface area contributed by atoms with Gasteiger partial charge in [0.25, 0.3) is 0 Å². The summed E-state index contributed by atoms with van der Waals surface area (Å²) in [6.45, 7) is 9.11. The normalized spacial score (nSPS) is 16.5. The molecule has 1 N–H and O–H groups in total. The quantitative estimate of drug-likeness (QED) is 0.587. The fourth-order valence-corrected chi connectivity index (χ4v) is 2.39. The van der Waals surface area contributed by atoms with E-state index in [4.69, 9.17) is 19.3 Å². The summed E-state index contributed by atoms with van der Waals surface area (Å²) in [7, 11) is 0. The number of ether oxygens (including phenoxy) is 3. The fraction of sp³-hybridized carbons (Fsp3) is 0.700. The first-order valence-electron chi connectivity index (χ1n) is 9.11. The first kappa shape index (κ1) is 21.1. The molecule has 1 rings (SSSR count). The molecule has 1 aromatic rings. The van der Waals surface area contributed by atoms with Crippen molar-refractivity contribution in [3.8, 4) is 0 Å². The molecule has 138 valence electrons.